The average molecular weight is 290 g/mol. The van der Waals surface area contributed by atoms with Crippen LogP contribution in [0.1, 0.15) is 50.2 Å². The third-order valence-electron chi connectivity index (χ3n) is 3.07. The fourth-order valence-corrected chi connectivity index (χ4v) is 1.70. The van der Waals surface area contributed by atoms with Crippen molar-refractivity contribution < 1.29 is 14.7 Å². The molecule has 1 atom stereocenters. The normalized spacial score (nSPS) is 13.1. The first kappa shape index (κ1) is 16.9. The van der Waals surface area contributed by atoms with Gasteiger partial charge in [-0.2, -0.15) is 0 Å². The standard InChI is InChI=1S/C16H22N2O3/c1-5-6-7-13(15(20)21)18-14(19)12-9-8-11(10-17-12)16(2,3)4/h5-6,8-10,13H,7H2,1-4H3,(H,18,19)(H,20,21)/b6-5+. The maximum absolute atomic E-state index is 12.0. The molecule has 0 aliphatic carbocycles. The molecule has 1 aromatic rings. The number of aromatic nitrogens is 1. The third-order valence-corrected chi connectivity index (χ3v) is 3.07. The second kappa shape index (κ2) is 7.02. The summed E-state index contributed by atoms with van der Waals surface area (Å²) in [6.45, 7) is 7.97. The van der Waals surface area contributed by atoms with Crippen molar-refractivity contribution in [3.8, 4) is 0 Å². The van der Waals surface area contributed by atoms with E-state index in [1.165, 1.54) is 0 Å². The number of aliphatic carboxylic acids is 1. The summed E-state index contributed by atoms with van der Waals surface area (Å²) in [5.41, 5.74) is 1.19. The smallest absolute Gasteiger partial charge is 0.326 e. The molecule has 0 aromatic carbocycles. The highest BCUT2D eigenvalue weighted by molar-refractivity contribution is 5.94. The first-order valence-electron chi connectivity index (χ1n) is 6.87. The molecule has 21 heavy (non-hydrogen) atoms. The van der Waals surface area contributed by atoms with E-state index in [9.17, 15) is 9.59 Å². The second-order valence-corrected chi connectivity index (χ2v) is 5.85. The highest BCUT2D eigenvalue weighted by Crippen LogP contribution is 2.20. The zero-order chi connectivity index (χ0) is 16.0. The topological polar surface area (TPSA) is 79.3 Å². The summed E-state index contributed by atoms with van der Waals surface area (Å²) in [6.07, 6.45) is 5.35. The van der Waals surface area contributed by atoms with Gasteiger partial charge in [-0.05, 0) is 30.4 Å². The maximum atomic E-state index is 12.0. The Morgan fingerprint density at radius 3 is 2.48 bits per heavy atom. The lowest BCUT2D eigenvalue weighted by Gasteiger charge is -2.18. The number of carbonyl (C=O) groups is 2. The van der Waals surface area contributed by atoms with E-state index in [0.29, 0.717) is 0 Å². The molecule has 0 bridgehead atoms. The molecule has 0 spiro atoms. The average Bonchev–Trinajstić information content (AvgIpc) is 2.42. The highest BCUT2D eigenvalue weighted by Gasteiger charge is 2.20. The fourth-order valence-electron chi connectivity index (χ4n) is 1.70. The summed E-state index contributed by atoms with van der Waals surface area (Å²) >= 11 is 0. The molecule has 5 nitrogen and oxygen atoms in total. The Morgan fingerprint density at radius 1 is 1.38 bits per heavy atom. The molecular formula is C16H22N2O3. The van der Waals surface area contributed by atoms with E-state index in [1.54, 1.807) is 31.3 Å². The van der Waals surface area contributed by atoms with Crippen LogP contribution in [-0.4, -0.2) is 28.0 Å². The van der Waals surface area contributed by atoms with Gasteiger partial charge >= 0.3 is 5.97 Å². The SMILES string of the molecule is C/C=C/CC(NC(=O)c1ccc(C(C)(C)C)cn1)C(=O)O. The molecule has 2 N–H and O–H groups in total. The van der Waals surface area contributed by atoms with E-state index in [-0.39, 0.29) is 17.5 Å². The number of rotatable bonds is 5. The molecule has 1 rings (SSSR count). The zero-order valence-corrected chi connectivity index (χ0v) is 12.9. The van der Waals surface area contributed by atoms with Crippen molar-refractivity contribution >= 4 is 11.9 Å². The Kier molecular flexibility index (Phi) is 5.64. The van der Waals surface area contributed by atoms with Gasteiger partial charge in [-0.3, -0.25) is 9.78 Å². The highest BCUT2D eigenvalue weighted by atomic mass is 16.4. The summed E-state index contributed by atoms with van der Waals surface area (Å²) in [4.78, 5) is 27.2. The van der Waals surface area contributed by atoms with Gasteiger partial charge in [-0.1, -0.05) is 39.0 Å². The quantitative estimate of drug-likeness (QED) is 0.817. The van der Waals surface area contributed by atoms with Gasteiger partial charge in [0, 0.05) is 6.20 Å². The van der Waals surface area contributed by atoms with Crippen molar-refractivity contribution in [1.29, 1.82) is 0 Å². The molecule has 114 valence electrons. The Hall–Kier alpha value is -2.17. The van der Waals surface area contributed by atoms with Crippen LogP contribution in [-0.2, 0) is 10.2 Å². The van der Waals surface area contributed by atoms with Crippen molar-refractivity contribution in [2.24, 2.45) is 0 Å². The number of allylic oxidation sites excluding steroid dienone is 1. The van der Waals surface area contributed by atoms with Crippen LogP contribution in [0, 0.1) is 0 Å². The van der Waals surface area contributed by atoms with E-state index in [4.69, 9.17) is 5.11 Å². The number of pyridine rings is 1. The fraction of sp³-hybridized carbons (Fsp3) is 0.438. The minimum atomic E-state index is -1.06. The van der Waals surface area contributed by atoms with Gasteiger partial charge < -0.3 is 10.4 Å². The van der Waals surface area contributed by atoms with E-state index in [2.05, 4.69) is 31.1 Å². The van der Waals surface area contributed by atoms with Crippen LogP contribution in [0.5, 0.6) is 0 Å². The lowest BCUT2D eigenvalue weighted by molar-refractivity contribution is -0.139. The van der Waals surface area contributed by atoms with Gasteiger partial charge in [0.15, 0.2) is 0 Å². The van der Waals surface area contributed by atoms with Gasteiger partial charge in [0.2, 0.25) is 0 Å². The van der Waals surface area contributed by atoms with Crippen LogP contribution in [0.15, 0.2) is 30.5 Å². The van der Waals surface area contributed by atoms with Gasteiger partial charge in [0.25, 0.3) is 5.91 Å². The number of hydrogen-bond acceptors (Lipinski definition) is 3. The predicted molar refractivity (Wildman–Crippen MR) is 81.3 cm³/mol. The summed E-state index contributed by atoms with van der Waals surface area (Å²) in [5.74, 6) is -1.54. The van der Waals surface area contributed by atoms with Crippen molar-refractivity contribution in [2.45, 2.75) is 45.6 Å². The number of carboxylic acid groups (broad SMARTS) is 1. The van der Waals surface area contributed by atoms with Crippen molar-refractivity contribution in [1.82, 2.24) is 10.3 Å². The molecule has 1 unspecified atom stereocenters. The first-order chi connectivity index (χ1) is 9.75. The van der Waals surface area contributed by atoms with Crippen LogP contribution in [0.25, 0.3) is 0 Å². The zero-order valence-electron chi connectivity index (χ0n) is 12.9. The number of carboxylic acids is 1. The Bertz CT molecular complexity index is 527. The molecule has 1 heterocycles. The molecule has 5 heteroatoms. The van der Waals surface area contributed by atoms with E-state index in [1.807, 2.05) is 6.07 Å². The Labute approximate surface area is 125 Å². The lowest BCUT2D eigenvalue weighted by atomic mass is 9.88. The molecular weight excluding hydrogens is 268 g/mol. The van der Waals surface area contributed by atoms with Gasteiger partial charge in [0.1, 0.15) is 11.7 Å². The van der Waals surface area contributed by atoms with Crippen LogP contribution in [0.3, 0.4) is 0 Å². The molecule has 0 aliphatic heterocycles. The van der Waals surface area contributed by atoms with Crippen LogP contribution in [0.4, 0.5) is 0 Å². The number of nitrogens with zero attached hydrogens (tertiary/aromatic N) is 1. The van der Waals surface area contributed by atoms with Crippen LogP contribution < -0.4 is 5.32 Å². The Morgan fingerprint density at radius 2 is 2.05 bits per heavy atom. The number of carbonyl (C=O) groups excluding carboxylic acids is 1. The second-order valence-electron chi connectivity index (χ2n) is 5.85. The van der Waals surface area contributed by atoms with E-state index in [0.717, 1.165) is 5.56 Å². The monoisotopic (exact) mass is 290 g/mol. The largest absolute Gasteiger partial charge is 0.480 e. The lowest BCUT2D eigenvalue weighted by Crippen LogP contribution is -2.40. The van der Waals surface area contributed by atoms with Gasteiger partial charge in [-0.25, -0.2) is 4.79 Å². The Balaban J connectivity index is 2.81. The molecule has 0 aliphatic rings. The number of hydrogen-bond donors (Lipinski definition) is 2. The third kappa shape index (κ3) is 5.02. The molecule has 0 radical (unpaired) electrons. The van der Waals surface area contributed by atoms with Gasteiger partial charge in [0.05, 0.1) is 0 Å². The molecule has 1 amide bonds. The summed E-state index contributed by atoms with van der Waals surface area (Å²) in [7, 11) is 0. The minimum absolute atomic E-state index is 0.0441. The first-order valence-corrected chi connectivity index (χ1v) is 6.87. The number of nitrogens with one attached hydrogen (secondary N) is 1. The summed E-state index contributed by atoms with van der Waals surface area (Å²) < 4.78 is 0. The minimum Gasteiger partial charge on any atom is -0.480 e. The number of amides is 1. The van der Waals surface area contributed by atoms with Crippen molar-refractivity contribution in [3.05, 3.63) is 41.7 Å². The van der Waals surface area contributed by atoms with Gasteiger partial charge in [-0.15, -0.1) is 0 Å². The van der Waals surface area contributed by atoms with E-state index < -0.39 is 17.9 Å². The van der Waals surface area contributed by atoms with Crippen molar-refractivity contribution in [3.63, 3.8) is 0 Å². The van der Waals surface area contributed by atoms with Crippen molar-refractivity contribution in [2.75, 3.05) is 0 Å². The van der Waals surface area contributed by atoms with Crippen LogP contribution in [0.2, 0.25) is 0 Å². The molecule has 1 aromatic heterocycles. The summed E-state index contributed by atoms with van der Waals surface area (Å²) in [6, 6.07) is 2.51. The maximum Gasteiger partial charge on any atom is 0.326 e. The molecule has 0 saturated carbocycles. The van der Waals surface area contributed by atoms with E-state index >= 15 is 0 Å². The van der Waals surface area contributed by atoms with Crippen LogP contribution >= 0.6 is 0 Å². The molecule has 0 fully saturated rings. The molecule has 0 saturated heterocycles. The summed E-state index contributed by atoms with van der Waals surface area (Å²) in [5, 5.41) is 11.6. The predicted octanol–water partition coefficient (Wildman–Crippen LogP) is 2.53.